The summed E-state index contributed by atoms with van der Waals surface area (Å²) in [7, 11) is 0. The number of allylic oxidation sites excluding steroid dienone is 1. The molecular weight excluding hydrogens is 318 g/mol. The minimum atomic E-state index is -0.565. The standard InChI is InChI=1S/C16H18F2N4S/c1-3-6-21-11(2)19-22(16(21)23)10-20-7-4-5-13-14(18)8-12(17)9-15(13)20/h3,8-9H,1,4-7,10H2,2H3. The van der Waals surface area contributed by atoms with Gasteiger partial charge in [-0.3, -0.25) is 0 Å². The van der Waals surface area contributed by atoms with Crippen LogP contribution in [0.1, 0.15) is 17.8 Å². The molecule has 7 heteroatoms. The highest BCUT2D eigenvalue weighted by molar-refractivity contribution is 7.71. The molecule has 0 amide bonds. The molecule has 1 aliphatic heterocycles. The van der Waals surface area contributed by atoms with Gasteiger partial charge >= 0.3 is 0 Å². The van der Waals surface area contributed by atoms with Crippen LogP contribution >= 0.6 is 12.2 Å². The Morgan fingerprint density at radius 1 is 1.39 bits per heavy atom. The third kappa shape index (κ3) is 2.93. The maximum atomic E-state index is 14.0. The van der Waals surface area contributed by atoms with E-state index in [1.807, 2.05) is 16.4 Å². The molecular formula is C16H18F2N4S. The molecule has 2 heterocycles. The van der Waals surface area contributed by atoms with E-state index in [0.717, 1.165) is 18.3 Å². The van der Waals surface area contributed by atoms with E-state index in [9.17, 15) is 8.78 Å². The molecule has 3 rings (SSSR count). The summed E-state index contributed by atoms with van der Waals surface area (Å²) < 4.78 is 31.7. The lowest BCUT2D eigenvalue weighted by atomic mass is 10.0. The summed E-state index contributed by atoms with van der Waals surface area (Å²) in [5, 5.41) is 4.44. The molecule has 1 aliphatic rings. The van der Waals surface area contributed by atoms with Gasteiger partial charge in [-0.2, -0.15) is 5.10 Å². The first kappa shape index (κ1) is 15.9. The second kappa shape index (κ2) is 6.23. The van der Waals surface area contributed by atoms with E-state index in [4.69, 9.17) is 12.2 Å². The topological polar surface area (TPSA) is 26.0 Å². The number of aromatic nitrogens is 3. The number of anilines is 1. The number of benzene rings is 1. The van der Waals surface area contributed by atoms with Gasteiger partial charge in [-0.1, -0.05) is 6.08 Å². The molecule has 1 aromatic heterocycles. The van der Waals surface area contributed by atoms with E-state index in [1.165, 1.54) is 6.07 Å². The number of rotatable bonds is 4. The second-order valence-electron chi connectivity index (χ2n) is 5.62. The Hall–Kier alpha value is -2.02. The van der Waals surface area contributed by atoms with Crippen LogP contribution in [0.25, 0.3) is 0 Å². The highest BCUT2D eigenvalue weighted by Gasteiger charge is 2.22. The van der Waals surface area contributed by atoms with Crippen molar-refractivity contribution in [2.45, 2.75) is 33.0 Å². The number of halogens is 2. The van der Waals surface area contributed by atoms with Crippen LogP contribution in [0.4, 0.5) is 14.5 Å². The minimum absolute atomic E-state index is 0.375. The van der Waals surface area contributed by atoms with Crippen molar-refractivity contribution < 1.29 is 8.78 Å². The van der Waals surface area contributed by atoms with Gasteiger partial charge in [-0.05, 0) is 38.0 Å². The van der Waals surface area contributed by atoms with Crippen molar-refractivity contribution in [3.8, 4) is 0 Å². The molecule has 0 atom stereocenters. The summed E-state index contributed by atoms with van der Waals surface area (Å²) in [5.74, 6) is -0.260. The first-order valence-electron chi connectivity index (χ1n) is 7.49. The summed E-state index contributed by atoms with van der Waals surface area (Å²) in [4.78, 5) is 1.92. The summed E-state index contributed by atoms with van der Waals surface area (Å²) in [6.07, 6.45) is 3.19. The normalized spacial score (nSPS) is 14.0. The van der Waals surface area contributed by atoms with Crippen molar-refractivity contribution in [3.05, 3.63) is 52.6 Å². The van der Waals surface area contributed by atoms with E-state index in [2.05, 4.69) is 11.7 Å². The fraction of sp³-hybridized carbons (Fsp3) is 0.375. The molecule has 0 bridgehead atoms. The molecule has 4 nitrogen and oxygen atoms in total. The number of nitrogens with zero attached hydrogens (tertiary/aromatic N) is 4. The molecule has 0 unspecified atom stereocenters. The van der Waals surface area contributed by atoms with Crippen LogP contribution in [0, 0.1) is 23.3 Å². The van der Waals surface area contributed by atoms with Gasteiger partial charge in [-0.25, -0.2) is 13.5 Å². The lowest BCUT2D eigenvalue weighted by molar-refractivity contribution is 0.518. The highest BCUT2D eigenvalue weighted by atomic mass is 32.1. The number of fused-ring (bicyclic) bond motifs is 1. The van der Waals surface area contributed by atoms with E-state index in [-0.39, 0.29) is 0 Å². The molecule has 0 radical (unpaired) electrons. The predicted octanol–water partition coefficient (Wildman–Crippen LogP) is 3.60. The number of hydrogen-bond acceptors (Lipinski definition) is 3. The van der Waals surface area contributed by atoms with Crippen LogP contribution in [0.3, 0.4) is 0 Å². The van der Waals surface area contributed by atoms with Crippen molar-refractivity contribution >= 4 is 17.9 Å². The molecule has 2 aromatic rings. The van der Waals surface area contributed by atoms with Crippen molar-refractivity contribution in [2.75, 3.05) is 11.4 Å². The monoisotopic (exact) mass is 336 g/mol. The molecule has 122 valence electrons. The van der Waals surface area contributed by atoms with Crippen LogP contribution in [-0.4, -0.2) is 20.9 Å². The van der Waals surface area contributed by atoms with Gasteiger partial charge in [-0.15, -0.1) is 6.58 Å². The lowest BCUT2D eigenvalue weighted by Crippen LogP contribution is -2.32. The lowest BCUT2D eigenvalue weighted by Gasteiger charge is -2.31. The van der Waals surface area contributed by atoms with Crippen LogP contribution in [-0.2, 0) is 19.6 Å². The van der Waals surface area contributed by atoms with Gasteiger partial charge in [0.15, 0.2) is 4.77 Å². The summed E-state index contributed by atoms with van der Waals surface area (Å²) in [6, 6.07) is 2.33. The average molecular weight is 336 g/mol. The third-order valence-electron chi connectivity index (χ3n) is 4.06. The molecule has 1 aromatic carbocycles. The van der Waals surface area contributed by atoms with E-state index >= 15 is 0 Å². The maximum absolute atomic E-state index is 14.0. The van der Waals surface area contributed by atoms with E-state index in [0.29, 0.717) is 42.2 Å². The summed E-state index contributed by atoms with van der Waals surface area (Å²) >= 11 is 5.44. The first-order chi connectivity index (χ1) is 11.0. The zero-order chi connectivity index (χ0) is 16.6. The molecule has 0 spiro atoms. The Balaban J connectivity index is 1.96. The Bertz CT molecular complexity index is 809. The Labute approximate surface area is 138 Å². The zero-order valence-electron chi connectivity index (χ0n) is 12.9. The molecule has 23 heavy (non-hydrogen) atoms. The van der Waals surface area contributed by atoms with Gasteiger partial charge in [0, 0.05) is 30.4 Å². The van der Waals surface area contributed by atoms with Gasteiger partial charge in [0.05, 0.1) is 0 Å². The quantitative estimate of drug-likeness (QED) is 0.630. The maximum Gasteiger partial charge on any atom is 0.199 e. The fourth-order valence-electron chi connectivity index (χ4n) is 2.98. The Morgan fingerprint density at radius 3 is 2.91 bits per heavy atom. The molecule has 0 aliphatic carbocycles. The smallest absolute Gasteiger partial charge is 0.199 e. The van der Waals surface area contributed by atoms with Gasteiger partial charge in [0.2, 0.25) is 0 Å². The van der Waals surface area contributed by atoms with E-state index < -0.39 is 11.6 Å². The largest absolute Gasteiger partial charge is 0.352 e. The predicted molar refractivity (Wildman–Crippen MR) is 88.0 cm³/mol. The number of hydrogen-bond donors (Lipinski definition) is 0. The molecule has 0 fully saturated rings. The zero-order valence-corrected chi connectivity index (χ0v) is 13.7. The average Bonchev–Trinajstić information content (AvgIpc) is 2.76. The minimum Gasteiger partial charge on any atom is -0.352 e. The van der Waals surface area contributed by atoms with Crippen molar-refractivity contribution in [1.29, 1.82) is 0 Å². The molecule has 0 saturated heterocycles. The first-order valence-corrected chi connectivity index (χ1v) is 7.90. The third-order valence-corrected chi connectivity index (χ3v) is 4.49. The second-order valence-corrected chi connectivity index (χ2v) is 5.99. The van der Waals surface area contributed by atoms with Crippen molar-refractivity contribution in [3.63, 3.8) is 0 Å². The summed E-state index contributed by atoms with van der Waals surface area (Å²) in [6.45, 7) is 7.26. The van der Waals surface area contributed by atoms with Crippen LogP contribution < -0.4 is 4.90 Å². The van der Waals surface area contributed by atoms with Gasteiger partial charge in [0.25, 0.3) is 0 Å². The van der Waals surface area contributed by atoms with Crippen molar-refractivity contribution in [1.82, 2.24) is 14.3 Å². The van der Waals surface area contributed by atoms with Crippen LogP contribution in [0.2, 0.25) is 0 Å². The van der Waals surface area contributed by atoms with Gasteiger partial charge < -0.3 is 9.47 Å². The summed E-state index contributed by atoms with van der Waals surface area (Å²) in [5.41, 5.74) is 1.15. The Kier molecular flexibility index (Phi) is 4.30. The Morgan fingerprint density at radius 2 is 2.17 bits per heavy atom. The SMILES string of the molecule is C=CCn1c(C)nn(CN2CCCc3c(F)cc(F)cc32)c1=S. The van der Waals surface area contributed by atoms with E-state index in [1.54, 1.807) is 10.8 Å². The highest BCUT2D eigenvalue weighted by Crippen LogP contribution is 2.30. The van der Waals surface area contributed by atoms with Crippen molar-refractivity contribution in [2.24, 2.45) is 0 Å². The fourth-order valence-corrected chi connectivity index (χ4v) is 3.28. The van der Waals surface area contributed by atoms with Crippen LogP contribution in [0.15, 0.2) is 24.8 Å². The molecule has 0 saturated carbocycles. The van der Waals surface area contributed by atoms with Gasteiger partial charge in [0.1, 0.15) is 24.1 Å². The number of aryl methyl sites for hydroxylation is 1. The van der Waals surface area contributed by atoms with Crippen LogP contribution in [0.5, 0.6) is 0 Å². The molecule has 0 N–H and O–H groups in total.